The van der Waals surface area contributed by atoms with Crippen LogP contribution in [0.1, 0.15) is 12.5 Å². The molecule has 1 amide bonds. The molecule has 1 heterocycles. The number of nitrogens with zero attached hydrogens (tertiary/aromatic N) is 3. The first kappa shape index (κ1) is 20.0. The lowest BCUT2D eigenvalue weighted by Gasteiger charge is -2.11. The molecule has 1 aliphatic heterocycles. The van der Waals surface area contributed by atoms with Crippen molar-refractivity contribution in [3.05, 3.63) is 67.3 Å². The first-order valence-corrected chi connectivity index (χ1v) is 9.63. The molecule has 10 heteroatoms. The van der Waals surface area contributed by atoms with Crippen LogP contribution in [-0.2, 0) is 4.79 Å². The van der Waals surface area contributed by atoms with E-state index in [9.17, 15) is 24.4 Å². The second kappa shape index (κ2) is 8.11. The van der Waals surface area contributed by atoms with Crippen molar-refractivity contribution in [3.8, 4) is 5.75 Å². The number of aliphatic imine (C=N–C) groups is 1. The summed E-state index contributed by atoms with van der Waals surface area (Å²) < 4.78 is 13.2. The summed E-state index contributed by atoms with van der Waals surface area (Å²) in [5.41, 5.74) is 0.412. The third-order valence-corrected chi connectivity index (χ3v) is 5.43. The number of nitro groups is 1. The molecule has 1 N–H and O–H groups in total. The summed E-state index contributed by atoms with van der Waals surface area (Å²) in [6, 6.07) is 8.23. The fourth-order valence-electron chi connectivity index (χ4n) is 2.48. The SMILES string of the molecule is CCN1C(=O)/C(=C\c2cc(Br)c(O)c([N+](=O)[O-])c2)SC1=Nc1ccc(F)cc1. The van der Waals surface area contributed by atoms with Gasteiger partial charge in [-0.25, -0.2) is 9.38 Å². The lowest BCUT2D eigenvalue weighted by molar-refractivity contribution is -0.386. The number of phenols is 1. The predicted molar refractivity (Wildman–Crippen MR) is 109 cm³/mol. The maximum absolute atomic E-state index is 13.1. The molecule has 0 aromatic heterocycles. The van der Waals surface area contributed by atoms with Crippen LogP contribution in [0.2, 0.25) is 0 Å². The number of likely N-dealkylation sites (N-methyl/N-ethyl adjacent to an activating group) is 1. The maximum Gasteiger partial charge on any atom is 0.312 e. The number of nitro benzene ring substituents is 1. The van der Waals surface area contributed by atoms with Gasteiger partial charge in [-0.2, -0.15) is 0 Å². The number of amidine groups is 1. The van der Waals surface area contributed by atoms with Crippen molar-refractivity contribution in [2.45, 2.75) is 6.92 Å². The van der Waals surface area contributed by atoms with Gasteiger partial charge < -0.3 is 5.11 Å². The monoisotopic (exact) mass is 465 g/mol. The molecule has 7 nitrogen and oxygen atoms in total. The molecule has 0 radical (unpaired) electrons. The van der Waals surface area contributed by atoms with Crippen molar-refractivity contribution in [2.75, 3.05) is 6.54 Å². The lowest BCUT2D eigenvalue weighted by Crippen LogP contribution is -2.28. The van der Waals surface area contributed by atoms with Gasteiger partial charge in [-0.05, 0) is 76.6 Å². The first-order chi connectivity index (χ1) is 13.3. The number of carbonyl (C=O) groups is 1. The summed E-state index contributed by atoms with van der Waals surface area (Å²) in [7, 11) is 0. The van der Waals surface area contributed by atoms with Crippen LogP contribution in [0.5, 0.6) is 5.75 Å². The number of amides is 1. The van der Waals surface area contributed by atoms with E-state index in [0.717, 1.165) is 11.8 Å². The van der Waals surface area contributed by atoms with Crippen LogP contribution in [0.15, 0.2) is 50.8 Å². The van der Waals surface area contributed by atoms with E-state index in [1.165, 1.54) is 47.4 Å². The molecular formula is C18H13BrFN3O4S. The fourth-order valence-corrected chi connectivity index (χ4v) is 4.01. The Kier molecular flexibility index (Phi) is 5.80. The van der Waals surface area contributed by atoms with Crippen LogP contribution < -0.4 is 0 Å². The van der Waals surface area contributed by atoms with Gasteiger partial charge in [0.1, 0.15) is 5.82 Å². The molecule has 0 bridgehead atoms. The summed E-state index contributed by atoms with van der Waals surface area (Å²) in [6.07, 6.45) is 1.50. The van der Waals surface area contributed by atoms with Gasteiger partial charge in [-0.15, -0.1) is 0 Å². The minimum Gasteiger partial charge on any atom is -0.501 e. The molecule has 144 valence electrons. The van der Waals surface area contributed by atoms with E-state index >= 15 is 0 Å². The van der Waals surface area contributed by atoms with Crippen molar-refractivity contribution in [3.63, 3.8) is 0 Å². The third kappa shape index (κ3) is 4.07. The van der Waals surface area contributed by atoms with E-state index < -0.39 is 16.4 Å². The molecule has 0 saturated carbocycles. The van der Waals surface area contributed by atoms with Gasteiger partial charge in [-0.1, -0.05) is 0 Å². The molecule has 1 aliphatic rings. The van der Waals surface area contributed by atoms with Gasteiger partial charge in [0.15, 0.2) is 5.17 Å². The first-order valence-electron chi connectivity index (χ1n) is 8.02. The lowest BCUT2D eigenvalue weighted by atomic mass is 10.1. The van der Waals surface area contributed by atoms with E-state index in [1.807, 2.05) is 0 Å². The quantitative estimate of drug-likeness (QED) is 0.396. The molecule has 0 unspecified atom stereocenters. The Balaban J connectivity index is 1.98. The third-order valence-electron chi connectivity index (χ3n) is 3.82. The standard InChI is InChI=1S/C18H13BrFN3O4S/c1-2-22-17(25)15(28-18(22)21-12-5-3-11(20)4-6-12)9-10-7-13(19)16(24)14(8-10)23(26)27/h3-9,24H,2H2,1H3/b15-9+,21-18?. The number of rotatable bonds is 4. The number of hydrogen-bond acceptors (Lipinski definition) is 6. The van der Waals surface area contributed by atoms with Crippen molar-refractivity contribution >= 4 is 56.2 Å². The molecule has 2 aromatic carbocycles. The number of carbonyl (C=O) groups excluding carboxylic acids is 1. The van der Waals surface area contributed by atoms with E-state index in [1.54, 1.807) is 6.92 Å². The topological polar surface area (TPSA) is 96.0 Å². The summed E-state index contributed by atoms with van der Waals surface area (Å²) in [6.45, 7) is 2.17. The summed E-state index contributed by atoms with van der Waals surface area (Å²) in [4.78, 5) is 29.2. The Labute approximate surface area is 171 Å². The number of aromatic hydroxyl groups is 1. The second-order valence-corrected chi connectivity index (χ2v) is 7.52. The van der Waals surface area contributed by atoms with Crippen LogP contribution in [0.25, 0.3) is 6.08 Å². The van der Waals surface area contributed by atoms with Crippen LogP contribution in [-0.4, -0.2) is 32.5 Å². The number of benzene rings is 2. The number of thioether (sulfide) groups is 1. The number of halogens is 2. The average Bonchev–Trinajstić information content (AvgIpc) is 2.94. The fraction of sp³-hybridized carbons (Fsp3) is 0.111. The summed E-state index contributed by atoms with van der Waals surface area (Å²) in [5.74, 6) is -1.15. The Morgan fingerprint density at radius 2 is 2.04 bits per heavy atom. The maximum atomic E-state index is 13.1. The predicted octanol–water partition coefficient (Wildman–Crippen LogP) is 4.83. The normalized spacial score (nSPS) is 17.0. The summed E-state index contributed by atoms with van der Waals surface area (Å²) >= 11 is 4.19. The van der Waals surface area contributed by atoms with Gasteiger partial charge in [0.25, 0.3) is 5.91 Å². The molecule has 0 atom stereocenters. The Morgan fingerprint density at radius 1 is 1.36 bits per heavy atom. The highest BCUT2D eigenvalue weighted by Crippen LogP contribution is 2.38. The van der Waals surface area contributed by atoms with E-state index in [2.05, 4.69) is 20.9 Å². The Morgan fingerprint density at radius 3 is 2.64 bits per heavy atom. The minimum absolute atomic E-state index is 0.150. The van der Waals surface area contributed by atoms with Gasteiger partial charge in [0.2, 0.25) is 5.75 Å². The van der Waals surface area contributed by atoms with Gasteiger partial charge in [-0.3, -0.25) is 19.8 Å². The van der Waals surface area contributed by atoms with Crippen molar-refractivity contribution in [1.82, 2.24) is 4.90 Å². The number of phenolic OH excluding ortho intramolecular Hbond substituents is 1. The molecule has 28 heavy (non-hydrogen) atoms. The van der Waals surface area contributed by atoms with Gasteiger partial charge in [0.05, 0.1) is 20.0 Å². The molecule has 2 aromatic rings. The highest BCUT2D eigenvalue weighted by atomic mass is 79.9. The van der Waals surface area contributed by atoms with Crippen LogP contribution in [0.4, 0.5) is 15.8 Å². The largest absolute Gasteiger partial charge is 0.501 e. The van der Waals surface area contributed by atoms with Gasteiger partial charge >= 0.3 is 5.69 Å². The second-order valence-electron chi connectivity index (χ2n) is 5.66. The van der Waals surface area contributed by atoms with Crippen LogP contribution in [0, 0.1) is 15.9 Å². The van der Waals surface area contributed by atoms with E-state index in [0.29, 0.717) is 27.9 Å². The van der Waals surface area contributed by atoms with Crippen LogP contribution >= 0.6 is 27.7 Å². The number of hydrogen-bond donors (Lipinski definition) is 1. The highest BCUT2D eigenvalue weighted by Gasteiger charge is 2.32. The summed E-state index contributed by atoms with van der Waals surface area (Å²) in [5, 5.41) is 21.3. The highest BCUT2D eigenvalue weighted by molar-refractivity contribution is 9.10. The molecule has 1 fully saturated rings. The Bertz CT molecular complexity index is 1020. The van der Waals surface area contributed by atoms with Crippen molar-refractivity contribution < 1.29 is 19.2 Å². The molecular weight excluding hydrogens is 453 g/mol. The minimum atomic E-state index is -0.703. The zero-order valence-electron chi connectivity index (χ0n) is 14.4. The van der Waals surface area contributed by atoms with Crippen molar-refractivity contribution in [1.29, 1.82) is 0 Å². The molecule has 1 saturated heterocycles. The van der Waals surface area contributed by atoms with Crippen LogP contribution in [0.3, 0.4) is 0 Å². The molecule has 3 rings (SSSR count). The Hall–Kier alpha value is -2.72. The molecule has 0 spiro atoms. The molecule has 0 aliphatic carbocycles. The average molecular weight is 466 g/mol. The van der Waals surface area contributed by atoms with Gasteiger partial charge in [0, 0.05) is 12.6 Å². The van der Waals surface area contributed by atoms with E-state index in [-0.39, 0.29) is 16.2 Å². The van der Waals surface area contributed by atoms with E-state index in [4.69, 9.17) is 0 Å². The zero-order chi connectivity index (χ0) is 20.4. The van der Waals surface area contributed by atoms with Crippen molar-refractivity contribution in [2.24, 2.45) is 4.99 Å². The zero-order valence-corrected chi connectivity index (χ0v) is 16.8. The smallest absolute Gasteiger partial charge is 0.312 e.